The minimum Gasteiger partial charge on any atom is -0.497 e. The summed E-state index contributed by atoms with van der Waals surface area (Å²) in [6.45, 7) is 0. The largest absolute Gasteiger partial charge is 0.497 e. The van der Waals surface area contributed by atoms with Crippen molar-refractivity contribution in [2.75, 3.05) is 14.2 Å². The van der Waals surface area contributed by atoms with E-state index in [-0.39, 0.29) is 0 Å². The minimum atomic E-state index is 0.417. The first-order chi connectivity index (χ1) is 9.76. The summed E-state index contributed by atoms with van der Waals surface area (Å²) in [6, 6.07) is 5.60. The predicted octanol–water partition coefficient (Wildman–Crippen LogP) is 2.89. The molecule has 0 radical (unpaired) electrons. The molecule has 20 heavy (non-hydrogen) atoms. The van der Waals surface area contributed by atoms with E-state index in [2.05, 4.69) is 4.98 Å². The number of carbonyl (C=O) groups is 1. The van der Waals surface area contributed by atoms with Crippen molar-refractivity contribution in [3.63, 3.8) is 0 Å². The number of imidazole rings is 1. The number of methoxy groups -OCH3 is 2. The maximum Gasteiger partial charge on any atom is 0.194 e. The van der Waals surface area contributed by atoms with E-state index >= 15 is 0 Å². The van der Waals surface area contributed by atoms with Gasteiger partial charge in [0.25, 0.3) is 0 Å². The lowest BCUT2D eigenvalue weighted by atomic mass is 10.1. The Balaban J connectivity index is 2.23. The van der Waals surface area contributed by atoms with Crippen molar-refractivity contribution in [3.8, 4) is 22.8 Å². The number of hydrogen-bond donors (Lipinski definition) is 0. The van der Waals surface area contributed by atoms with Gasteiger partial charge >= 0.3 is 0 Å². The summed E-state index contributed by atoms with van der Waals surface area (Å²) in [5.74, 6) is 1.49. The van der Waals surface area contributed by atoms with Gasteiger partial charge in [0.1, 0.15) is 17.2 Å². The van der Waals surface area contributed by atoms with Gasteiger partial charge in [0.2, 0.25) is 0 Å². The molecule has 0 N–H and O–H groups in total. The molecule has 2 heterocycles. The van der Waals surface area contributed by atoms with Crippen LogP contribution in [0, 0.1) is 0 Å². The predicted molar refractivity (Wildman–Crippen MR) is 77.0 cm³/mol. The Morgan fingerprint density at radius 3 is 2.85 bits per heavy atom. The van der Waals surface area contributed by atoms with Crippen molar-refractivity contribution in [2.24, 2.45) is 0 Å². The quantitative estimate of drug-likeness (QED) is 0.693. The second kappa shape index (κ2) is 4.97. The number of fused-ring (bicyclic) bond motifs is 1. The third-order valence-corrected chi connectivity index (χ3v) is 3.87. The van der Waals surface area contributed by atoms with Crippen LogP contribution in [0.4, 0.5) is 0 Å². The van der Waals surface area contributed by atoms with Gasteiger partial charge in [-0.2, -0.15) is 0 Å². The molecule has 0 bridgehead atoms. The Morgan fingerprint density at radius 2 is 2.15 bits per heavy atom. The molecule has 3 rings (SSSR count). The van der Waals surface area contributed by atoms with Crippen molar-refractivity contribution in [2.45, 2.75) is 0 Å². The average molecular weight is 288 g/mol. The lowest BCUT2D eigenvalue weighted by Crippen LogP contribution is -1.92. The van der Waals surface area contributed by atoms with Crippen LogP contribution in [0.1, 0.15) is 10.5 Å². The number of nitrogens with zero attached hydrogens (tertiary/aromatic N) is 2. The summed E-state index contributed by atoms with van der Waals surface area (Å²) in [4.78, 5) is 15.8. The Morgan fingerprint density at radius 1 is 1.30 bits per heavy atom. The number of rotatable bonds is 4. The van der Waals surface area contributed by atoms with Crippen LogP contribution in [-0.4, -0.2) is 29.9 Å². The van der Waals surface area contributed by atoms with Gasteiger partial charge in [0.05, 0.1) is 19.9 Å². The Labute approximate surface area is 119 Å². The molecule has 102 valence electrons. The zero-order chi connectivity index (χ0) is 14.1. The van der Waals surface area contributed by atoms with E-state index in [4.69, 9.17) is 9.47 Å². The van der Waals surface area contributed by atoms with E-state index in [0.717, 1.165) is 34.0 Å². The molecule has 0 spiro atoms. The fraction of sp³-hybridized carbons (Fsp3) is 0.143. The number of aldehydes is 1. The van der Waals surface area contributed by atoms with Crippen LogP contribution in [0.5, 0.6) is 11.5 Å². The van der Waals surface area contributed by atoms with Crippen molar-refractivity contribution in [1.82, 2.24) is 9.38 Å². The van der Waals surface area contributed by atoms with Gasteiger partial charge in [-0.1, -0.05) is 0 Å². The van der Waals surface area contributed by atoms with Crippen LogP contribution >= 0.6 is 11.3 Å². The first-order valence-electron chi connectivity index (χ1n) is 5.91. The molecule has 0 unspecified atom stereocenters. The standard InChI is InChI=1S/C14H12N2O3S/c1-18-10-3-4-13(19-2)11(5-10)12-8-20-14-15-9(7-17)6-16(12)14/h3-8H,1-2H3. The van der Waals surface area contributed by atoms with Crippen molar-refractivity contribution >= 4 is 22.6 Å². The summed E-state index contributed by atoms with van der Waals surface area (Å²) in [5.41, 5.74) is 2.23. The van der Waals surface area contributed by atoms with Crippen molar-refractivity contribution in [1.29, 1.82) is 0 Å². The number of thiazole rings is 1. The first kappa shape index (κ1) is 12.7. The van der Waals surface area contributed by atoms with Gasteiger partial charge in [-0.15, -0.1) is 11.3 Å². The molecular formula is C14H12N2O3S. The topological polar surface area (TPSA) is 52.8 Å². The highest BCUT2D eigenvalue weighted by Gasteiger charge is 2.14. The smallest absolute Gasteiger partial charge is 0.194 e. The van der Waals surface area contributed by atoms with Gasteiger partial charge in [0, 0.05) is 17.1 Å². The van der Waals surface area contributed by atoms with E-state index in [1.807, 2.05) is 28.0 Å². The molecular weight excluding hydrogens is 276 g/mol. The summed E-state index contributed by atoms with van der Waals surface area (Å²) < 4.78 is 12.5. The maximum absolute atomic E-state index is 10.8. The number of hydrogen-bond acceptors (Lipinski definition) is 5. The lowest BCUT2D eigenvalue weighted by Gasteiger charge is -2.09. The molecule has 1 aromatic carbocycles. The summed E-state index contributed by atoms with van der Waals surface area (Å²) >= 11 is 1.47. The number of benzene rings is 1. The molecule has 3 aromatic rings. The van der Waals surface area contributed by atoms with Gasteiger partial charge in [0.15, 0.2) is 11.2 Å². The second-order valence-corrected chi connectivity index (χ2v) is 4.96. The Bertz CT molecular complexity index is 776. The average Bonchev–Trinajstić information content (AvgIpc) is 3.06. The third-order valence-electron chi connectivity index (χ3n) is 3.03. The Kier molecular flexibility index (Phi) is 3.15. The van der Waals surface area contributed by atoms with Crippen LogP contribution in [0.3, 0.4) is 0 Å². The van der Waals surface area contributed by atoms with Crippen LogP contribution in [0.2, 0.25) is 0 Å². The van der Waals surface area contributed by atoms with Gasteiger partial charge in [-0.3, -0.25) is 9.20 Å². The van der Waals surface area contributed by atoms with E-state index < -0.39 is 0 Å². The molecule has 0 aliphatic rings. The lowest BCUT2D eigenvalue weighted by molar-refractivity contribution is 0.111. The molecule has 0 saturated heterocycles. The highest BCUT2D eigenvalue weighted by molar-refractivity contribution is 7.15. The fourth-order valence-corrected chi connectivity index (χ4v) is 2.95. The summed E-state index contributed by atoms with van der Waals surface area (Å²) in [7, 11) is 3.25. The number of carbonyl (C=O) groups excluding carboxylic acids is 1. The first-order valence-corrected chi connectivity index (χ1v) is 6.79. The van der Waals surface area contributed by atoms with Crippen LogP contribution in [0.25, 0.3) is 16.2 Å². The highest BCUT2D eigenvalue weighted by atomic mass is 32.1. The van der Waals surface area contributed by atoms with E-state index in [1.54, 1.807) is 20.4 Å². The van der Waals surface area contributed by atoms with Crippen LogP contribution < -0.4 is 9.47 Å². The molecule has 6 heteroatoms. The normalized spacial score (nSPS) is 10.7. The molecule has 0 amide bonds. The summed E-state index contributed by atoms with van der Waals surface area (Å²) in [6.07, 6.45) is 2.46. The van der Waals surface area contributed by atoms with E-state index in [1.165, 1.54) is 11.3 Å². The Hall–Kier alpha value is -2.34. The van der Waals surface area contributed by atoms with Crippen LogP contribution in [0.15, 0.2) is 29.8 Å². The fourth-order valence-electron chi connectivity index (χ4n) is 2.07. The molecule has 5 nitrogen and oxygen atoms in total. The maximum atomic E-state index is 10.8. The molecule has 0 aliphatic heterocycles. The number of ether oxygens (including phenoxy) is 2. The van der Waals surface area contributed by atoms with Gasteiger partial charge in [-0.05, 0) is 18.2 Å². The summed E-state index contributed by atoms with van der Waals surface area (Å²) in [5, 5.41) is 1.98. The second-order valence-electron chi connectivity index (χ2n) is 4.12. The minimum absolute atomic E-state index is 0.417. The van der Waals surface area contributed by atoms with Gasteiger partial charge in [-0.25, -0.2) is 4.98 Å². The third kappa shape index (κ3) is 1.94. The van der Waals surface area contributed by atoms with Crippen molar-refractivity contribution < 1.29 is 14.3 Å². The molecule has 0 fully saturated rings. The zero-order valence-corrected chi connectivity index (χ0v) is 11.8. The molecule has 0 saturated carbocycles. The highest BCUT2D eigenvalue weighted by Crippen LogP contribution is 2.35. The molecule has 2 aromatic heterocycles. The SMILES string of the molecule is COc1ccc(OC)c(-c2csc3nc(C=O)cn23)c1. The van der Waals surface area contributed by atoms with E-state index in [0.29, 0.717) is 5.69 Å². The number of aromatic nitrogens is 2. The molecule has 0 aliphatic carbocycles. The zero-order valence-electron chi connectivity index (χ0n) is 11.0. The van der Waals surface area contributed by atoms with Crippen molar-refractivity contribution in [3.05, 3.63) is 35.5 Å². The van der Waals surface area contributed by atoms with Gasteiger partial charge < -0.3 is 9.47 Å². The molecule has 0 atom stereocenters. The van der Waals surface area contributed by atoms with Crippen LogP contribution in [-0.2, 0) is 0 Å². The monoisotopic (exact) mass is 288 g/mol. The van der Waals surface area contributed by atoms with E-state index in [9.17, 15) is 4.79 Å².